The fraction of sp³-hybridized carbons (Fsp3) is 0.235. The van der Waals surface area contributed by atoms with Gasteiger partial charge in [0.2, 0.25) is 0 Å². The van der Waals surface area contributed by atoms with Crippen molar-refractivity contribution in [2.45, 2.75) is 12.3 Å². The second-order valence-corrected chi connectivity index (χ2v) is 5.75. The molecule has 1 fully saturated rings. The lowest BCUT2D eigenvalue weighted by atomic mass is 9.98. The van der Waals surface area contributed by atoms with Crippen LogP contribution in [0.15, 0.2) is 42.5 Å². The van der Waals surface area contributed by atoms with Crippen LogP contribution in [-0.4, -0.2) is 33.9 Å². The maximum atomic E-state index is 13.3. The highest BCUT2D eigenvalue weighted by Gasteiger charge is 2.29. The van der Waals surface area contributed by atoms with E-state index in [1.54, 1.807) is 11.0 Å². The Hall–Kier alpha value is -2.96. The van der Waals surface area contributed by atoms with Crippen LogP contribution in [0.2, 0.25) is 0 Å². The van der Waals surface area contributed by atoms with Crippen LogP contribution in [0.5, 0.6) is 5.75 Å². The number of hydrogen-bond acceptors (Lipinski definition) is 4. The molecule has 0 radical (unpaired) electrons. The minimum Gasteiger partial charge on any atom is -0.502 e. The number of carbonyl (C=O) groups is 1. The van der Waals surface area contributed by atoms with E-state index in [1.807, 2.05) is 6.07 Å². The fourth-order valence-electron chi connectivity index (χ4n) is 2.97. The standard InChI is InChI=1S/C17H15FN2O4/c18-14-3-1-2-11(8-14)13-6-7-19(10-13)17(22)12-4-5-15(20(23)24)16(21)9-12/h1-5,8-9,13,21H,6-7,10H2/t13-/m1/s1. The molecule has 1 atom stereocenters. The summed E-state index contributed by atoms with van der Waals surface area (Å²) >= 11 is 0. The molecule has 1 aliphatic rings. The SMILES string of the molecule is O=C(c1ccc([N+](=O)[O-])c(O)c1)N1CC[C@@H](c2cccc(F)c2)C1. The van der Waals surface area contributed by atoms with Crippen LogP contribution in [0, 0.1) is 15.9 Å². The van der Waals surface area contributed by atoms with Crippen molar-refractivity contribution in [3.63, 3.8) is 0 Å². The van der Waals surface area contributed by atoms with E-state index in [1.165, 1.54) is 18.2 Å². The van der Waals surface area contributed by atoms with Gasteiger partial charge in [-0.25, -0.2) is 4.39 Å². The van der Waals surface area contributed by atoms with Gasteiger partial charge >= 0.3 is 5.69 Å². The first-order valence-corrected chi connectivity index (χ1v) is 7.48. The predicted octanol–water partition coefficient (Wildman–Crippen LogP) is 3.07. The monoisotopic (exact) mass is 330 g/mol. The first kappa shape index (κ1) is 15.9. The van der Waals surface area contributed by atoms with Crippen molar-refractivity contribution in [3.05, 3.63) is 69.5 Å². The number of rotatable bonds is 3. The lowest BCUT2D eigenvalue weighted by Gasteiger charge is -2.17. The Kier molecular flexibility index (Phi) is 4.16. The number of benzene rings is 2. The average molecular weight is 330 g/mol. The van der Waals surface area contributed by atoms with Gasteiger partial charge in [-0.3, -0.25) is 14.9 Å². The van der Waals surface area contributed by atoms with Crippen molar-refractivity contribution in [3.8, 4) is 5.75 Å². The summed E-state index contributed by atoms with van der Waals surface area (Å²) in [6.07, 6.45) is 0.716. The van der Waals surface area contributed by atoms with Gasteiger partial charge in [0, 0.05) is 30.6 Å². The summed E-state index contributed by atoms with van der Waals surface area (Å²) in [5.41, 5.74) is 0.598. The molecule has 3 rings (SSSR count). The molecule has 0 spiro atoms. The number of phenolic OH excluding ortho intramolecular Hbond substituents is 1. The Balaban J connectivity index is 1.75. The number of phenols is 1. The maximum absolute atomic E-state index is 13.3. The van der Waals surface area contributed by atoms with E-state index in [0.717, 1.165) is 17.7 Å². The third-order valence-electron chi connectivity index (χ3n) is 4.21. The second-order valence-electron chi connectivity index (χ2n) is 5.75. The van der Waals surface area contributed by atoms with Crippen molar-refractivity contribution in [2.24, 2.45) is 0 Å². The number of halogens is 1. The summed E-state index contributed by atoms with van der Waals surface area (Å²) in [5, 5.41) is 20.4. The molecule has 0 bridgehead atoms. The van der Waals surface area contributed by atoms with E-state index in [9.17, 15) is 24.4 Å². The zero-order chi connectivity index (χ0) is 17.3. The molecule has 7 heteroatoms. The van der Waals surface area contributed by atoms with Crippen molar-refractivity contribution in [1.29, 1.82) is 0 Å². The normalized spacial score (nSPS) is 17.0. The number of nitrogens with zero attached hydrogens (tertiary/aromatic N) is 2. The largest absolute Gasteiger partial charge is 0.502 e. The topological polar surface area (TPSA) is 83.7 Å². The van der Waals surface area contributed by atoms with E-state index in [4.69, 9.17) is 0 Å². The van der Waals surface area contributed by atoms with E-state index in [0.29, 0.717) is 19.5 Å². The third-order valence-corrected chi connectivity index (χ3v) is 4.21. The number of aromatic hydroxyl groups is 1. The molecule has 0 aromatic heterocycles. The van der Waals surface area contributed by atoms with Crippen LogP contribution in [0.3, 0.4) is 0 Å². The highest BCUT2D eigenvalue weighted by Crippen LogP contribution is 2.30. The molecule has 1 heterocycles. The molecule has 0 saturated carbocycles. The number of likely N-dealkylation sites (tertiary alicyclic amines) is 1. The molecule has 2 aromatic carbocycles. The summed E-state index contributed by atoms with van der Waals surface area (Å²) in [4.78, 5) is 24.1. The predicted molar refractivity (Wildman–Crippen MR) is 84.4 cm³/mol. The van der Waals surface area contributed by atoms with Gasteiger partial charge in [0.05, 0.1) is 4.92 Å². The Bertz CT molecular complexity index is 809. The molecule has 1 saturated heterocycles. The highest BCUT2D eigenvalue weighted by atomic mass is 19.1. The third kappa shape index (κ3) is 3.05. The maximum Gasteiger partial charge on any atom is 0.310 e. The minimum absolute atomic E-state index is 0.0521. The summed E-state index contributed by atoms with van der Waals surface area (Å²) in [6.45, 7) is 0.956. The molecule has 1 N–H and O–H groups in total. The quantitative estimate of drug-likeness (QED) is 0.692. The van der Waals surface area contributed by atoms with Gasteiger partial charge in [-0.15, -0.1) is 0 Å². The lowest BCUT2D eigenvalue weighted by Crippen LogP contribution is -2.28. The molecule has 6 nitrogen and oxygen atoms in total. The van der Waals surface area contributed by atoms with Crippen LogP contribution in [-0.2, 0) is 0 Å². The molecule has 1 amide bonds. The van der Waals surface area contributed by atoms with Gasteiger partial charge < -0.3 is 10.0 Å². The number of carbonyl (C=O) groups excluding carboxylic acids is 1. The Morgan fingerprint density at radius 2 is 2.08 bits per heavy atom. The Morgan fingerprint density at radius 3 is 2.75 bits per heavy atom. The van der Waals surface area contributed by atoms with Gasteiger partial charge in [0.15, 0.2) is 5.75 Å². The molecule has 0 aliphatic carbocycles. The van der Waals surface area contributed by atoms with E-state index in [-0.39, 0.29) is 23.2 Å². The van der Waals surface area contributed by atoms with Crippen molar-refractivity contribution in [1.82, 2.24) is 4.90 Å². The molecule has 0 unspecified atom stereocenters. The zero-order valence-corrected chi connectivity index (χ0v) is 12.7. The van der Waals surface area contributed by atoms with E-state index >= 15 is 0 Å². The molecule has 124 valence electrons. The number of nitro benzene ring substituents is 1. The molecule has 24 heavy (non-hydrogen) atoms. The Labute approximate surface area is 137 Å². The van der Waals surface area contributed by atoms with Gasteiger partial charge in [-0.1, -0.05) is 12.1 Å². The molecule has 1 aliphatic heterocycles. The van der Waals surface area contributed by atoms with Crippen LogP contribution in [0.25, 0.3) is 0 Å². The van der Waals surface area contributed by atoms with E-state index < -0.39 is 16.4 Å². The molecular formula is C17H15FN2O4. The first-order valence-electron chi connectivity index (χ1n) is 7.48. The summed E-state index contributed by atoms with van der Waals surface area (Å²) in [5.74, 6) is -1.10. The van der Waals surface area contributed by atoms with Crippen molar-refractivity contribution >= 4 is 11.6 Å². The van der Waals surface area contributed by atoms with Crippen LogP contribution >= 0.6 is 0 Å². The van der Waals surface area contributed by atoms with Crippen molar-refractivity contribution in [2.75, 3.05) is 13.1 Å². The fourth-order valence-corrected chi connectivity index (χ4v) is 2.97. The van der Waals surface area contributed by atoms with Crippen LogP contribution < -0.4 is 0 Å². The number of hydrogen-bond donors (Lipinski definition) is 1. The lowest BCUT2D eigenvalue weighted by molar-refractivity contribution is -0.385. The summed E-state index contributed by atoms with van der Waals surface area (Å²) in [7, 11) is 0. The van der Waals surface area contributed by atoms with Gasteiger partial charge in [-0.2, -0.15) is 0 Å². The van der Waals surface area contributed by atoms with Gasteiger partial charge in [0.1, 0.15) is 5.82 Å². The average Bonchev–Trinajstić information content (AvgIpc) is 3.03. The zero-order valence-electron chi connectivity index (χ0n) is 12.7. The smallest absolute Gasteiger partial charge is 0.310 e. The molecular weight excluding hydrogens is 315 g/mol. The Morgan fingerprint density at radius 1 is 1.29 bits per heavy atom. The summed E-state index contributed by atoms with van der Waals surface area (Å²) < 4.78 is 13.3. The highest BCUT2D eigenvalue weighted by molar-refractivity contribution is 5.95. The number of nitro groups is 1. The van der Waals surface area contributed by atoms with Gasteiger partial charge in [-0.05, 0) is 36.2 Å². The van der Waals surface area contributed by atoms with Crippen LogP contribution in [0.4, 0.5) is 10.1 Å². The summed E-state index contributed by atoms with van der Waals surface area (Å²) in [6, 6.07) is 9.87. The van der Waals surface area contributed by atoms with Crippen LogP contribution in [0.1, 0.15) is 28.3 Å². The second kappa shape index (κ2) is 6.27. The van der Waals surface area contributed by atoms with Crippen molar-refractivity contribution < 1.29 is 19.2 Å². The number of amides is 1. The van der Waals surface area contributed by atoms with E-state index in [2.05, 4.69) is 0 Å². The minimum atomic E-state index is -0.709. The first-order chi connectivity index (χ1) is 11.5. The van der Waals surface area contributed by atoms with Gasteiger partial charge in [0.25, 0.3) is 5.91 Å². The molecule has 2 aromatic rings.